The van der Waals surface area contributed by atoms with E-state index < -0.39 is 0 Å². The summed E-state index contributed by atoms with van der Waals surface area (Å²) in [5.74, 6) is 0.792. The third-order valence-electron chi connectivity index (χ3n) is 3.86. The van der Waals surface area contributed by atoms with E-state index in [0.29, 0.717) is 12.5 Å². The molecule has 0 saturated carbocycles. The highest BCUT2D eigenvalue weighted by atomic mass is 16.5. The first-order valence-electron chi connectivity index (χ1n) is 7.19. The van der Waals surface area contributed by atoms with Crippen LogP contribution in [0.4, 0.5) is 0 Å². The zero-order valence-electron chi connectivity index (χ0n) is 12.3. The second-order valence-electron chi connectivity index (χ2n) is 5.21. The summed E-state index contributed by atoms with van der Waals surface area (Å²) in [5.41, 5.74) is 2.81. The van der Waals surface area contributed by atoms with Gasteiger partial charge >= 0.3 is 5.97 Å². The minimum absolute atomic E-state index is 0.134. The maximum Gasteiger partial charge on any atom is 0.305 e. The van der Waals surface area contributed by atoms with E-state index in [1.54, 1.807) is 7.11 Å². The van der Waals surface area contributed by atoms with Crippen molar-refractivity contribution in [2.45, 2.75) is 38.1 Å². The third kappa shape index (κ3) is 3.97. The Labute approximate surface area is 120 Å². The SMILES string of the molecule is COC(=O)CCCNC1CCc2ccc(OC)cc2C1. The molecule has 1 aliphatic rings. The lowest BCUT2D eigenvalue weighted by Crippen LogP contribution is -2.35. The van der Waals surface area contributed by atoms with Crippen molar-refractivity contribution in [3.63, 3.8) is 0 Å². The lowest BCUT2D eigenvalue weighted by molar-refractivity contribution is -0.140. The van der Waals surface area contributed by atoms with Crippen LogP contribution in [0.2, 0.25) is 0 Å². The summed E-state index contributed by atoms with van der Waals surface area (Å²) < 4.78 is 9.91. The predicted octanol–water partition coefficient (Wildman–Crippen LogP) is 2.10. The lowest BCUT2D eigenvalue weighted by Gasteiger charge is -2.26. The molecule has 0 spiro atoms. The van der Waals surface area contributed by atoms with Crippen LogP contribution in [0, 0.1) is 0 Å². The number of benzene rings is 1. The molecule has 4 nitrogen and oxygen atoms in total. The summed E-state index contributed by atoms with van der Waals surface area (Å²) in [7, 11) is 3.13. The average molecular weight is 277 g/mol. The number of nitrogens with one attached hydrogen (secondary N) is 1. The molecule has 1 aromatic rings. The predicted molar refractivity (Wildman–Crippen MR) is 78.1 cm³/mol. The minimum Gasteiger partial charge on any atom is -0.497 e. The molecular formula is C16H23NO3. The number of methoxy groups -OCH3 is 2. The highest BCUT2D eigenvalue weighted by Crippen LogP contribution is 2.25. The molecule has 1 aromatic carbocycles. The Morgan fingerprint density at radius 2 is 2.20 bits per heavy atom. The summed E-state index contributed by atoms with van der Waals surface area (Å²) >= 11 is 0. The molecule has 20 heavy (non-hydrogen) atoms. The number of hydrogen-bond acceptors (Lipinski definition) is 4. The number of hydrogen-bond donors (Lipinski definition) is 1. The van der Waals surface area contributed by atoms with Crippen LogP contribution in [0.15, 0.2) is 18.2 Å². The van der Waals surface area contributed by atoms with Gasteiger partial charge in [0.2, 0.25) is 0 Å². The number of ether oxygens (including phenoxy) is 2. The summed E-state index contributed by atoms with van der Waals surface area (Å²) in [4.78, 5) is 11.0. The lowest BCUT2D eigenvalue weighted by atomic mass is 9.88. The number of esters is 1. The van der Waals surface area contributed by atoms with E-state index >= 15 is 0 Å². The summed E-state index contributed by atoms with van der Waals surface area (Å²) in [6.45, 7) is 0.860. The maximum absolute atomic E-state index is 11.0. The van der Waals surface area contributed by atoms with Gasteiger partial charge in [0.1, 0.15) is 5.75 Å². The van der Waals surface area contributed by atoms with Gasteiger partial charge in [-0.05, 0) is 55.5 Å². The van der Waals surface area contributed by atoms with Crippen LogP contribution >= 0.6 is 0 Å². The molecule has 0 amide bonds. The molecule has 0 aliphatic heterocycles. The van der Waals surface area contributed by atoms with Crippen LogP contribution in [0.25, 0.3) is 0 Å². The van der Waals surface area contributed by atoms with Crippen LogP contribution < -0.4 is 10.1 Å². The fourth-order valence-corrected chi connectivity index (χ4v) is 2.68. The first-order valence-corrected chi connectivity index (χ1v) is 7.19. The van der Waals surface area contributed by atoms with Gasteiger partial charge in [-0.25, -0.2) is 0 Å². The minimum atomic E-state index is -0.134. The zero-order valence-corrected chi connectivity index (χ0v) is 12.3. The molecule has 1 aliphatic carbocycles. The summed E-state index contributed by atoms with van der Waals surface area (Å²) in [5, 5.41) is 3.53. The summed E-state index contributed by atoms with van der Waals surface area (Å²) in [6, 6.07) is 6.83. The van der Waals surface area contributed by atoms with Crippen LogP contribution in [-0.2, 0) is 22.4 Å². The molecule has 1 atom stereocenters. The van der Waals surface area contributed by atoms with Crippen LogP contribution in [-0.4, -0.2) is 32.8 Å². The number of carbonyl (C=O) groups is 1. The van der Waals surface area contributed by atoms with E-state index in [1.165, 1.54) is 18.2 Å². The van der Waals surface area contributed by atoms with Crippen molar-refractivity contribution >= 4 is 5.97 Å². The van der Waals surface area contributed by atoms with Gasteiger partial charge in [0, 0.05) is 12.5 Å². The van der Waals surface area contributed by atoms with E-state index in [9.17, 15) is 4.79 Å². The normalized spacial score (nSPS) is 17.4. The van der Waals surface area contributed by atoms with Crippen molar-refractivity contribution in [3.05, 3.63) is 29.3 Å². The van der Waals surface area contributed by atoms with E-state index in [2.05, 4.69) is 22.2 Å². The van der Waals surface area contributed by atoms with Gasteiger partial charge in [0.25, 0.3) is 0 Å². The fraction of sp³-hybridized carbons (Fsp3) is 0.562. The molecule has 0 saturated heterocycles. The van der Waals surface area contributed by atoms with Gasteiger partial charge in [0.15, 0.2) is 0 Å². The Morgan fingerprint density at radius 3 is 2.95 bits per heavy atom. The number of rotatable bonds is 6. The molecule has 1 N–H and O–H groups in total. The molecule has 2 rings (SSSR count). The largest absolute Gasteiger partial charge is 0.497 e. The van der Waals surface area contributed by atoms with Gasteiger partial charge in [-0.1, -0.05) is 6.07 Å². The van der Waals surface area contributed by atoms with Gasteiger partial charge in [-0.3, -0.25) is 4.79 Å². The molecule has 1 unspecified atom stereocenters. The van der Waals surface area contributed by atoms with E-state index in [-0.39, 0.29) is 5.97 Å². The van der Waals surface area contributed by atoms with Crippen molar-refractivity contribution in [1.29, 1.82) is 0 Å². The second kappa shape index (κ2) is 7.29. The van der Waals surface area contributed by atoms with E-state index in [1.807, 2.05) is 6.07 Å². The smallest absolute Gasteiger partial charge is 0.305 e. The summed E-state index contributed by atoms with van der Waals surface area (Å²) in [6.07, 6.45) is 4.60. The van der Waals surface area contributed by atoms with Crippen molar-refractivity contribution in [1.82, 2.24) is 5.32 Å². The second-order valence-corrected chi connectivity index (χ2v) is 5.21. The van der Waals surface area contributed by atoms with Gasteiger partial charge < -0.3 is 14.8 Å². The molecule has 4 heteroatoms. The third-order valence-corrected chi connectivity index (χ3v) is 3.86. The topological polar surface area (TPSA) is 47.6 Å². The van der Waals surface area contributed by atoms with Crippen molar-refractivity contribution in [3.8, 4) is 5.75 Å². The molecule has 0 radical (unpaired) electrons. The van der Waals surface area contributed by atoms with Crippen LogP contribution in [0.5, 0.6) is 5.75 Å². The van der Waals surface area contributed by atoms with Gasteiger partial charge in [-0.2, -0.15) is 0 Å². The molecular weight excluding hydrogens is 254 g/mol. The Bertz CT molecular complexity index is 459. The van der Waals surface area contributed by atoms with Crippen molar-refractivity contribution < 1.29 is 14.3 Å². The van der Waals surface area contributed by atoms with E-state index in [4.69, 9.17) is 4.74 Å². The molecule has 0 heterocycles. The molecule has 0 aromatic heterocycles. The standard InChI is InChI=1S/C16H23NO3/c1-19-15-8-6-12-5-7-14(10-13(12)11-15)17-9-3-4-16(18)20-2/h6,8,11,14,17H,3-5,7,9-10H2,1-2H3. The fourth-order valence-electron chi connectivity index (χ4n) is 2.68. The highest BCUT2D eigenvalue weighted by Gasteiger charge is 2.18. The Hall–Kier alpha value is -1.55. The molecule has 110 valence electrons. The Balaban J connectivity index is 1.80. The quantitative estimate of drug-likeness (QED) is 0.639. The highest BCUT2D eigenvalue weighted by molar-refractivity contribution is 5.69. The number of carbonyl (C=O) groups excluding carboxylic acids is 1. The van der Waals surface area contributed by atoms with Crippen molar-refractivity contribution in [2.24, 2.45) is 0 Å². The van der Waals surface area contributed by atoms with Gasteiger partial charge in [-0.15, -0.1) is 0 Å². The Kier molecular flexibility index (Phi) is 5.41. The average Bonchev–Trinajstić information content (AvgIpc) is 2.50. The van der Waals surface area contributed by atoms with Crippen molar-refractivity contribution in [2.75, 3.05) is 20.8 Å². The monoisotopic (exact) mass is 277 g/mol. The van der Waals surface area contributed by atoms with Crippen LogP contribution in [0.3, 0.4) is 0 Å². The molecule has 0 bridgehead atoms. The number of aryl methyl sites for hydroxylation is 1. The van der Waals surface area contributed by atoms with E-state index in [0.717, 1.165) is 38.0 Å². The maximum atomic E-state index is 11.0. The number of fused-ring (bicyclic) bond motifs is 1. The first-order chi connectivity index (χ1) is 9.72. The first kappa shape index (κ1) is 14.9. The molecule has 0 fully saturated rings. The zero-order chi connectivity index (χ0) is 14.4. The van der Waals surface area contributed by atoms with Crippen LogP contribution in [0.1, 0.15) is 30.4 Å². The Morgan fingerprint density at radius 1 is 1.35 bits per heavy atom. The van der Waals surface area contributed by atoms with Gasteiger partial charge in [0.05, 0.1) is 14.2 Å².